The fraction of sp³-hybridized carbons (Fsp3) is 0.263. The van der Waals surface area contributed by atoms with Gasteiger partial charge in [0.2, 0.25) is 10.0 Å². The molecule has 1 aromatic heterocycles. The Morgan fingerprint density at radius 1 is 1.06 bits per heavy atom. The van der Waals surface area contributed by atoms with E-state index >= 15 is 0 Å². The van der Waals surface area contributed by atoms with E-state index in [0.29, 0.717) is 22.2 Å². The lowest BCUT2D eigenvalue weighted by atomic mass is 10.1. The van der Waals surface area contributed by atoms with Crippen molar-refractivity contribution >= 4 is 44.9 Å². The minimum atomic E-state index is -3.32. The van der Waals surface area contributed by atoms with Gasteiger partial charge in [-0.1, -0.05) is 35.3 Å². The maximum absolute atomic E-state index is 12.6. The third-order valence-electron chi connectivity index (χ3n) is 4.22. The van der Waals surface area contributed by atoms with Crippen molar-refractivity contribution in [1.29, 1.82) is 0 Å². The smallest absolute Gasteiger partial charge is 0.319 e. The summed E-state index contributed by atoms with van der Waals surface area (Å²) in [6.07, 6.45) is 1.46. The van der Waals surface area contributed by atoms with Gasteiger partial charge in [0.25, 0.3) is 0 Å². The van der Waals surface area contributed by atoms with E-state index in [2.05, 4.69) is 30.8 Å². The number of sulfonamides is 1. The number of benzene rings is 2. The summed E-state index contributed by atoms with van der Waals surface area (Å²) >= 11 is 11.8. The summed E-state index contributed by atoms with van der Waals surface area (Å²) in [5, 5.41) is 19.0. The molecule has 3 N–H and O–H groups in total. The predicted molar refractivity (Wildman–Crippen MR) is 122 cm³/mol. The van der Waals surface area contributed by atoms with Crippen LogP contribution in [0.25, 0.3) is 0 Å². The molecule has 0 spiro atoms. The molecule has 1 unspecified atom stereocenters. The summed E-state index contributed by atoms with van der Waals surface area (Å²) in [5.41, 5.74) is 1.47. The van der Waals surface area contributed by atoms with Gasteiger partial charge in [0.1, 0.15) is 0 Å². The average molecular weight is 498 g/mol. The zero-order chi connectivity index (χ0) is 23.1. The summed E-state index contributed by atoms with van der Waals surface area (Å²) in [7, 11) is -3.32. The quantitative estimate of drug-likeness (QED) is 0.416. The SMILES string of the molecule is CS(=O)(=O)NCCn1nnc(C(Cc2ccc(Cl)cc2)NC(=O)Nc2ccc(Cl)cc2)n1. The largest absolute Gasteiger partial charge is 0.327 e. The Hall–Kier alpha value is -2.73. The number of nitrogens with one attached hydrogen (secondary N) is 3. The molecule has 1 atom stereocenters. The Morgan fingerprint density at radius 2 is 1.69 bits per heavy atom. The summed E-state index contributed by atoms with van der Waals surface area (Å²) < 4.78 is 24.8. The number of hydrogen-bond donors (Lipinski definition) is 3. The summed E-state index contributed by atoms with van der Waals surface area (Å²) in [6.45, 7) is 0.297. The molecular formula is C19H21Cl2N7O3S. The van der Waals surface area contributed by atoms with Gasteiger partial charge in [0.05, 0.1) is 18.8 Å². The fourth-order valence-corrected chi connectivity index (χ4v) is 3.46. The molecule has 32 heavy (non-hydrogen) atoms. The number of tetrazole rings is 1. The maximum atomic E-state index is 12.6. The van der Waals surface area contributed by atoms with E-state index in [-0.39, 0.29) is 18.9 Å². The molecule has 0 aliphatic heterocycles. The molecule has 0 aliphatic rings. The number of nitrogens with zero attached hydrogens (tertiary/aromatic N) is 4. The molecule has 0 saturated carbocycles. The monoisotopic (exact) mass is 497 g/mol. The second-order valence-electron chi connectivity index (χ2n) is 6.90. The van der Waals surface area contributed by atoms with Crippen LogP contribution in [0, 0.1) is 0 Å². The highest BCUT2D eigenvalue weighted by Crippen LogP contribution is 2.18. The number of hydrogen-bond acceptors (Lipinski definition) is 6. The lowest BCUT2D eigenvalue weighted by Crippen LogP contribution is -2.34. The van der Waals surface area contributed by atoms with Gasteiger partial charge in [-0.25, -0.2) is 17.9 Å². The molecule has 10 nitrogen and oxygen atoms in total. The first kappa shape index (κ1) is 23.9. The average Bonchev–Trinajstić information content (AvgIpc) is 3.19. The zero-order valence-corrected chi connectivity index (χ0v) is 19.3. The van der Waals surface area contributed by atoms with Crippen LogP contribution in [-0.2, 0) is 23.0 Å². The van der Waals surface area contributed by atoms with Crippen molar-refractivity contribution in [2.75, 3.05) is 18.1 Å². The van der Waals surface area contributed by atoms with Crippen molar-refractivity contribution in [3.05, 3.63) is 70.0 Å². The Kier molecular flexibility index (Phi) is 8.02. The minimum Gasteiger partial charge on any atom is -0.327 e. The van der Waals surface area contributed by atoms with Crippen LogP contribution in [-0.4, -0.2) is 47.5 Å². The minimum absolute atomic E-state index is 0.112. The van der Waals surface area contributed by atoms with Crippen LogP contribution < -0.4 is 15.4 Å². The van der Waals surface area contributed by atoms with Gasteiger partial charge in [0, 0.05) is 28.7 Å². The molecule has 170 valence electrons. The highest BCUT2D eigenvalue weighted by atomic mass is 35.5. The topological polar surface area (TPSA) is 131 Å². The van der Waals surface area contributed by atoms with Crippen LogP contribution in [0.4, 0.5) is 10.5 Å². The normalized spacial score (nSPS) is 12.3. The molecule has 2 amide bonds. The Bertz CT molecular complexity index is 1150. The van der Waals surface area contributed by atoms with Crippen LogP contribution in [0.15, 0.2) is 48.5 Å². The molecule has 3 aromatic rings. The number of rotatable bonds is 9. The number of amides is 2. The van der Waals surface area contributed by atoms with Crippen LogP contribution in [0.2, 0.25) is 10.0 Å². The number of anilines is 1. The lowest BCUT2D eigenvalue weighted by Gasteiger charge is -2.16. The van der Waals surface area contributed by atoms with Gasteiger partial charge < -0.3 is 10.6 Å². The van der Waals surface area contributed by atoms with Crippen molar-refractivity contribution in [1.82, 2.24) is 30.2 Å². The lowest BCUT2D eigenvalue weighted by molar-refractivity contribution is 0.248. The molecule has 0 bridgehead atoms. The third-order valence-corrected chi connectivity index (χ3v) is 5.45. The Morgan fingerprint density at radius 3 is 2.31 bits per heavy atom. The van der Waals surface area contributed by atoms with Gasteiger partial charge >= 0.3 is 6.03 Å². The first-order chi connectivity index (χ1) is 15.2. The Balaban J connectivity index is 1.72. The second-order valence-corrected chi connectivity index (χ2v) is 9.60. The first-order valence-electron chi connectivity index (χ1n) is 9.48. The van der Waals surface area contributed by atoms with E-state index in [1.54, 1.807) is 36.4 Å². The molecule has 0 aliphatic carbocycles. The Labute approximate surface area is 195 Å². The second kappa shape index (κ2) is 10.7. The molecule has 0 radical (unpaired) electrons. The molecule has 13 heteroatoms. The number of halogens is 2. The number of carbonyl (C=O) groups excluding carboxylic acids is 1. The molecular weight excluding hydrogens is 477 g/mol. The molecule has 0 fully saturated rings. The fourth-order valence-electron chi connectivity index (χ4n) is 2.74. The van der Waals surface area contributed by atoms with Crippen LogP contribution in [0.3, 0.4) is 0 Å². The standard InChI is InChI=1S/C19H21Cl2N7O3S/c1-32(30,31)22-10-11-28-26-18(25-27-28)17(12-13-2-4-14(20)5-3-13)24-19(29)23-16-8-6-15(21)7-9-16/h2-9,17,22H,10-12H2,1H3,(H2,23,24,29). The van der Waals surface area contributed by atoms with Gasteiger partial charge in [-0.3, -0.25) is 0 Å². The van der Waals surface area contributed by atoms with Crippen molar-refractivity contribution < 1.29 is 13.2 Å². The van der Waals surface area contributed by atoms with E-state index in [1.165, 1.54) is 4.80 Å². The van der Waals surface area contributed by atoms with Crippen LogP contribution in [0.1, 0.15) is 17.4 Å². The summed E-state index contributed by atoms with van der Waals surface area (Å²) in [4.78, 5) is 13.8. The van der Waals surface area contributed by atoms with Crippen molar-refractivity contribution in [2.45, 2.75) is 19.0 Å². The molecule has 2 aromatic carbocycles. The van der Waals surface area contributed by atoms with Gasteiger partial charge in [-0.2, -0.15) is 4.80 Å². The summed E-state index contributed by atoms with van der Waals surface area (Å²) in [6, 6.07) is 12.8. The van der Waals surface area contributed by atoms with Gasteiger partial charge in [-0.15, -0.1) is 10.2 Å². The van der Waals surface area contributed by atoms with Crippen molar-refractivity contribution in [3.63, 3.8) is 0 Å². The first-order valence-corrected chi connectivity index (χ1v) is 12.1. The van der Waals surface area contributed by atoms with Gasteiger partial charge in [-0.05, 0) is 47.2 Å². The number of carbonyl (C=O) groups is 1. The van der Waals surface area contributed by atoms with Crippen LogP contribution in [0.5, 0.6) is 0 Å². The number of aromatic nitrogens is 4. The van der Waals surface area contributed by atoms with E-state index < -0.39 is 22.1 Å². The highest BCUT2D eigenvalue weighted by Gasteiger charge is 2.21. The van der Waals surface area contributed by atoms with Crippen LogP contribution >= 0.6 is 23.2 Å². The van der Waals surface area contributed by atoms with E-state index in [4.69, 9.17) is 23.2 Å². The van der Waals surface area contributed by atoms with Crippen molar-refractivity contribution in [2.24, 2.45) is 0 Å². The van der Waals surface area contributed by atoms with Gasteiger partial charge in [0.15, 0.2) is 5.82 Å². The maximum Gasteiger partial charge on any atom is 0.319 e. The van der Waals surface area contributed by atoms with E-state index in [0.717, 1.165) is 11.8 Å². The summed E-state index contributed by atoms with van der Waals surface area (Å²) in [5.74, 6) is 0.283. The zero-order valence-electron chi connectivity index (χ0n) is 17.0. The van der Waals surface area contributed by atoms with E-state index in [9.17, 15) is 13.2 Å². The third kappa shape index (κ3) is 7.75. The highest BCUT2D eigenvalue weighted by molar-refractivity contribution is 7.88. The molecule has 0 saturated heterocycles. The molecule has 3 rings (SSSR count). The molecule has 1 heterocycles. The number of urea groups is 1. The van der Waals surface area contributed by atoms with E-state index in [1.807, 2.05) is 12.1 Å². The van der Waals surface area contributed by atoms with Crippen molar-refractivity contribution in [3.8, 4) is 0 Å². The predicted octanol–water partition coefficient (Wildman–Crippen LogP) is 2.63.